The topological polar surface area (TPSA) is 93.3 Å². The number of halogens is 1. The molecule has 2 aliphatic rings. The van der Waals surface area contributed by atoms with E-state index in [4.69, 9.17) is 0 Å². The van der Waals surface area contributed by atoms with Crippen LogP contribution >= 0.6 is 12.4 Å². The molecule has 1 aromatic heterocycles. The first-order chi connectivity index (χ1) is 10.5. The van der Waals surface area contributed by atoms with E-state index in [2.05, 4.69) is 10.3 Å². The molecule has 0 aromatic carbocycles. The highest BCUT2D eigenvalue weighted by Gasteiger charge is 2.31. The van der Waals surface area contributed by atoms with Crippen LogP contribution in [0, 0.1) is 17.0 Å². The fourth-order valence-corrected chi connectivity index (χ4v) is 3.35. The number of fused-ring (bicyclic) bond motifs is 2. The first-order valence-electron chi connectivity index (χ1n) is 7.75. The van der Waals surface area contributed by atoms with Crippen LogP contribution in [0.3, 0.4) is 0 Å². The highest BCUT2D eigenvalue weighted by Crippen LogP contribution is 2.21. The number of hydrogen-bond donors (Lipinski definition) is 1. The Hall–Kier alpha value is -1.67. The molecule has 23 heavy (non-hydrogen) atoms. The van der Waals surface area contributed by atoms with Crippen molar-refractivity contribution < 1.29 is 9.72 Å². The average Bonchev–Trinajstić information content (AvgIpc) is 2.99. The van der Waals surface area contributed by atoms with Gasteiger partial charge in [-0.15, -0.1) is 12.4 Å². The van der Waals surface area contributed by atoms with Gasteiger partial charge >= 0.3 is 5.82 Å². The molecule has 2 bridgehead atoms. The Balaban J connectivity index is 0.00000192. The third-order valence-corrected chi connectivity index (χ3v) is 4.59. The Morgan fingerprint density at radius 3 is 2.87 bits per heavy atom. The lowest BCUT2D eigenvalue weighted by Crippen LogP contribution is -2.39. The largest absolute Gasteiger partial charge is 0.381 e. The normalized spacial score (nSPS) is 23.3. The van der Waals surface area contributed by atoms with Crippen LogP contribution in [0.25, 0.3) is 0 Å². The van der Waals surface area contributed by atoms with Crippen molar-refractivity contribution in [1.82, 2.24) is 19.8 Å². The minimum absolute atomic E-state index is 0. The summed E-state index contributed by atoms with van der Waals surface area (Å²) in [7, 11) is 0. The minimum atomic E-state index is -0.511. The highest BCUT2D eigenvalue weighted by atomic mass is 35.5. The summed E-state index contributed by atoms with van der Waals surface area (Å²) in [6, 6.07) is 0.980. The van der Waals surface area contributed by atoms with Crippen molar-refractivity contribution in [2.45, 2.75) is 51.2 Å². The maximum absolute atomic E-state index is 12.4. The molecular formula is C14H22ClN5O3. The predicted octanol–water partition coefficient (Wildman–Crippen LogP) is 1.26. The molecule has 2 atom stereocenters. The van der Waals surface area contributed by atoms with E-state index in [-0.39, 0.29) is 24.1 Å². The number of likely N-dealkylation sites (tertiary alicyclic amines) is 1. The lowest BCUT2D eigenvalue weighted by Gasteiger charge is -2.24. The van der Waals surface area contributed by atoms with Crippen molar-refractivity contribution in [3.63, 3.8) is 0 Å². The van der Waals surface area contributed by atoms with Crippen LogP contribution in [0.1, 0.15) is 31.5 Å². The Bertz CT molecular complexity index is 591. The summed E-state index contributed by atoms with van der Waals surface area (Å²) in [4.78, 5) is 28.4. The average molecular weight is 344 g/mol. The van der Waals surface area contributed by atoms with E-state index in [1.54, 1.807) is 11.5 Å². The van der Waals surface area contributed by atoms with Crippen LogP contribution in [-0.4, -0.2) is 50.5 Å². The third-order valence-electron chi connectivity index (χ3n) is 4.59. The number of carbonyl (C=O) groups excluding carboxylic acids is 1. The van der Waals surface area contributed by atoms with Gasteiger partial charge in [0, 0.05) is 45.1 Å². The number of imidazole rings is 1. The Kier molecular flexibility index (Phi) is 5.59. The highest BCUT2D eigenvalue weighted by molar-refractivity contribution is 5.85. The smallest absolute Gasteiger partial charge is 0.358 e. The number of nitrogens with zero attached hydrogens (tertiary/aromatic N) is 4. The summed E-state index contributed by atoms with van der Waals surface area (Å²) >= 11 is 0. The van der Waals surface area contributed by atoms with Crippen molar-refractivity contribution in [2.75, 3.05) is 13.1 Å². The van der Waals surface area contributed by atoms with Gasteiger partial charge in [-0.05, 0) is 29.2 Å². The van der Waals surface area contributed by atoms with E-state index in [1.165, 1.54) is 12.6 Å². The van der Waals surface area contributed by atoms with Gasteiger partial charge in [0.2, 0.25) is 11.7 Å². The number of aryl methyl sites for hydroxylation is 2. The minimum Gasteiger partial charge on any atom is -0.358 e. The molecule has 2 aliphatic heterocycles. The molecule has 1 N–H and O–H groups in total. The van der Waals surface area contributed by atoms with Crippen LogP contribution in [0.4, 0.5) is 5.82 Å². The molecule has 1 aromatic rings. The second-order valence-electron chi connectivity index (χ2n) is 6.11. The van der Waals surface area contributed by atoms with Gasteiger partial charge in [-0.3, -0.25) is 4.79 Å². The van der Waals surface area contributed by atoms with Gasteiger partial charge in [0.1, 0.15) is 6.20 Å². The second kappa shape index (κ2) is 7.27. The van der Waals surface area contributed by atoms with Crippen LogP contribution in [-0.2, 0) is 11.3 Å². The van der Waals surface area contributed by atoms with Crippen molar-refractivity contribution in [3.8, 4) is 0 Å². The van der Waals surface area contributed by atoms with Crippen molar-refractivity contribution >= 4 is 24.1 Å². The summed E-state index contributed by atoms with van der Waals surface area (Å²) < 4.78 is 1.68. The fraction of sp³-hybridized carbons (Fsp3) is 0.714. The van der Waals surface area contributed by atoms with Crippen molar-refractivity contribution in [3.05, 3.63) is 22.1 Å². The molecule has 3 heterocycles. The summed E-state index contributed by atoms with van der Waals surface area (Å²) in [5.74, 6) is 0.516. The van der Waals surface area contributed by atoms with Gasteiger partial charge in [-0.25, -0.2) is 0 Å². The van der Waals surface area contributed by atoms with E-state index in [1.807, 2.05) is 4.90 Å². The molecule has 0 radical (unpaired) electrons. The van der Waals surface area contributed by atoms with Gasteiger partial charge in [0.15, 0.2) is 0 Å². The van der Waals surface area contributed by atoms with E-state index in [0.29, 0.717) is 30.9 Å². The number of nitro groups is 1. The number of aromatic nitrogens is 2. The molecule has 2 unspecified atom stereocenters. The molecule has 2 saturated heterocycles. The molecule has 9 heteroatoms. The number of rotatable bonds is 4. The van der Waals surface area contributed by atoms with E-state index < -0.39 is 4.92 Å². The zero-order valence-electron chi connectivity index (χ0n) is 13.1. The monoisotopic (exact) mass is 343 g/mol. The molecule has 128 valence electrons. The van der Waals surface area contributed by atoms with Gasteiger partial charge in [-0.1, -0.05) is 0 Å². The maximum atomic E-state index is 12.4. The maximum Gasteiger partial charge on any atom is 0.381 e. The Morgan fingerprint density at radius 1 is 1.43 bits per heavy atom. The number of amides is 1. The SMILES string of the molecule is Cc1nc([N+](=O)[O-])cn1CCC(=O)N1CCC2CCC(C1)N2.Cl. The number of nitrogens with one attached hydrogen (secondary N) is 1. The van der Waals surface area contributed by atoms with E-state index >= 15 is 0 Å². The summed E-state index contributed by atoms with van der Waals surface area (Å²) in [6.07, 6.45) is 5.12. The second-order valence-corrected chi connectivity index (χ2v) is 6.11. The van der Waals surface area contributed by atoms with E-state index in [9.17, 15) is 14.9 Å². The summed E-state index contributed by atoms with van der Waals surface area (Å²) in [5.41, 5.74) is 0. The van der Waals surface area contributed by atoms with Crippen LogP contribution in [0.15, 0.2) is 6.20 Å². The predicted molar refractivity (Wildman–Crippen MR) is 86.6 cm³/mol. The molecule has 1 amide bonds. The fourth-order valence-electron chi connectivity index (χ4n) is 3.35. The first kappa shape index (κ1) is 17.7. The molecule has 0 aliphatic carbocycles. The number of hydrogen-bond acceptors (Lipinski definition) is 5. The standard InChI is InChI=1S/C14H21N5O3.ClH/c1-10-15-13(19(21)22)9-17(10)7-5-14(20)18-6-4-11-2-3-12(8-18)16-11;/h9,11-12,16H,2-8H2,1H3;1H. The van der Waals surface area contributed by atoms with Crippen LogP contribution in [0.2, 0.25) is 0 Å². The molecule has 2 fully saturated rings. The van der Waals surface area contributed by atoms with Crippen LogP contribution in [0.5, 0.6) is 0 Å². The lowest BCUT2D eigenvalue weighted by molar-refractivity contribution is -0.389. The molecule has 3 rings (SSSR count). The zero-order valence-corrected chi connectivity index (χ0v) is 13.9. The molecule has 0 saturated carbocycles. The molecule has 8 nitrogen and oxygen atoms in total. The molecular weight excluding hydrogens is 322 g/mol. The van der Waals surface area contributed by atoms with Crippen LogP contribution < -0.4 is 5.32 Å². The first-order valence-corrected chi connectivity index (χ1v) is 7.75. The van der Waals surface area contributed by atoms with Gasteiger partial charge in [-0.2, -0.15) is 0 Å². The number of carbonyl (C=O) groups is 1. The van der Waals surface area contributed by atoms with Gasteiger partial charge in [0.05, 0.1) is 0 Å². The van der Waals surface area contributed by atoms with Crippen molar-refractivity contribution in [2.24, 2.45) is 0 Å². The zero-order chi connectivity index (χ0) is 15.7. The lowest BCUT2D eigenvalue weighted by atomic mass is 10.1. The Morgan fingerprint density at radius 2 is 2.17 bits per heavy atom. The van der Waals surface area contributed by atoms with Gasteiger partial charge < -0.3 is 24.9 Å². The third kappa shape index (κ3) is 4.00. The molecule has 0 spiro atoms. The van der Waals surface area contributed by atoms with Crippen molar-refractivity contribution in [1.29, 1.82) is 0 Å². The Labute approximate surface area is 140 Å². The van der Waals surface area contributed by atoms with Gasteiger partial charge in [0.25, 0.3) is 0 Å². The van der Waals surface area contributed by atoms with E-state index in [0.717, 1.165) is 25.9 Å². The quantitative estimate of drug-likeness (QED) is 0.656. The summed E-state index contributed by atoms with van der Waals surface area (Å²) in [5, 5.41) is 14.3. The summed E-state index contributed by atoms with van der Waals surface area (Å²) in [6.45, 7) is 3.73.